The highest BCUT2D eigenvalue weighted by Crippen LogP contribution is 2.49. The first kappa shape index (κ1) is 27.8. The molecule has 0 aromatic heterocycles. The molecule has 1 aliphatic heterocycles. The molecular formula is C31H34N4O4. The maximum atomic E-state index is 13.6. The molecule has 4 rings (SSSR count). The molecule has 0 unspecified atom stereocenters. The number of carbonyl (C=O) groups excluding carboxylic acids is 1. The van der Waals surface area contributed by atoms with Crippen molar-refractivity contribution < 1.29 is 19.0 Å². The van der Waals surface area contributed by atoms with Crippen molar-refractivity contribution in [1.29, 1.82) is 10.5 Å². The van der Waals surface area contributed by atoms with Crippen LogP contribution in [-0.4, -0.2) is 37.6 Å². The van der Waals surface area contributed by atoms with Crippen LogP contribution in [0, 0.1) is 28.1 Å². The number of carbonyl (C=O) groups is 1. The molecule has 39 heavy (non-hydrogen) atoms. The van der Waals surface area contributed by atoms with Crippen LogP contribution in [0.5, 0.6) is 11.5 Å². The molecule has 1 heterocycles. The summed E-state index contributed by atoms with van der Waals surface area (Å²) in [5.41, 5.74) is 10.2. The van der Waals surface area contributed by atoms with Gasteiger partial charge in [-0.2, -0.15) is 10.5 Å². The van der Waals surface area contributed by atoms with E-state index >= 15 is 0 Å². The molecule has 8 heteroatoms. The lowest BCUT2D eigenvalue weighted by Gasteiger charge is -2.43. The summed E-state index contributed by atoms with van der Waals surface area (Å²) in [6, 6.07) is 17.2. The number of methoxy groups -OCH3 is 1. The van der Waals surface area contributed by atoms with Crippen molar-refractivity contribution >= 4 is 5.78 Å². The van der Waals surface area contributed by atoms with Crippen LogP contribution < -0.4 is 15.2 Å². The maximum absolute atomic E-state index is 13.6. The van der Waals surface area contributed by atoms with Gasteiger partial charge >= 0.3 is 0 Å². The molecule has 202 valence electrons. The van der Waals surface area contributed by atoms with Crippen molar-refractivity contribution in [3.05, 3.63) is 81.8 Å². The first-order valence-corrected chi connectivity index (χ1v) is 13.0. The number of nitrogens with two attached hydrogens (primary N) is 1. The van der Waals surface area contributed by atoms with E-state index in [9.17, 15) is 15.3 Å². The molecule has 0 amide bonds. The van der Waals surface area contributed by atoms with Crippen LogP contribution in [0.3, 0.4) is 0 Å². The van der Waals surface area contributed by atoms with Gasteiger partial charge in [0, 0.05) is 36.9 Å². The highest BCUT2D eigenvalue weighted by Gasteiger charge is 2.44. The fraction of sp³-hybridized carbons (Fsp3) is 0.387. The van der Waals surface area contributed by atoms with Gasteiger partial charge in [0.15, 0.2) is 17.3 Å². The minimum atomic E-state index is -0.611. The minimum absolute atomic E-state index is 0.0142. The Kier molecular flexibility index (Phi) is 8.28. The van der Waals surface area contributed by atoms with Gasteiger partial charge in [0.05, 0.1) is 42.4 Å². The summed E-state index contributed by atoms with van der Waals surface area (Å²) in [5.74, 6) is 0.745. The second kappa shape index (κ2) is 11.6. The molecule has 0 bridgehead atoms. The number of hydrogen-bond acceptors (Lipinski definition) is 8. The number of rotatable bonds is 9. The molecule has 0 saturated heterocycles. The van der Waals surface area contributed by atoms with Crippen LogP contribution in [-0.2, 0) is 16.1 Å². The van der Waals surface area contributed by atoms with Crippen LogP contribution in [0.25, 0.3) is 0 Å². The van der Waals surface area contributed by atoms with Gasteiger partial charge in [0.2, 0.25) is 0 Å². The number of ketones is 1. The van der Waals surface area contributed by atoms with Crippen molar-refractivity contribution in [2.45, 2.75) is 46.1 Å². The first-order valence-electron chi connectivity index (χ1n) is 13.0. The van der Waals surface area contributed by atoms with Gasteiger partial charge < -0.3 is 24.8 Å². The van der Waals surface area contributed by atoms with Crippen LogP contribution in [0.1, 0.15) is 56.2 Å². The Morgan fingerprint density at radius 1 is 1.08 bits per heavy atom. The normalized spacial score (nSPS) is 18.4. The summed E-state index contributed by atoms with van der Waals surface area (Å²) in [6.45, 7) is 7.47. The highest BCUT2D eigenvalue weighted by molar-refractivity contribution is 6.00. The van der Waals surface area contributed by atoms with Crippen LogP contribution in [0.15, 0.2) is 65.1 Å². The van der Waals surface area contributed by atoms with E-state index in [1.165, 1.54) is 0 Å². The van der Waals surface area contributed by atoms with Gasteiger partial charge in [0.1, 0.15) is 12.4 Å². The molecule has 2 aromatic carbocycles. The number of ether oxygens (including phenoxy) is 3. The highest BCUT2D eigenvalue weighted by atomic mass is 16.5. The average molecular weight is 527 g/mol. The van der Waals surface area contributed by atoms with Crippen molar-refractivity contribution in [2.75, 3.05) is 26.9 Å². The molecule has 2 aliphatic rings. The smallest absolute Gasteiger partial charge is 0.162 e. The van der Waals surface area contributed by atoms with E-state index in [1.807, 2.05) is 42.2 Å². The van der Waals surface area contributed by atoms with Crippen molar-refractivity contribution in [2.24, 2.45) is 11.1 Å². The second-order valence-electron chi connectivity index (χ2n) is 10.5. The second-order valence-corrected chi connectivity index (χ2v) is 10.5. The van der Waals surface area contributed by atoms with Crippen LogP contribution >= 0.6 is 0 Å². The van der Waals surface area contributed by atoms with E-state index in [0.29, 0.717) is 66.6 Å². The van der Waals surface area contributed by atoms with Gasteiger partial charge in [-0.05, 0) is 42.5 Å². The lowest BCUT2D eigenvalue weighted by atomic mass is 9.68. The third kappa shape index (κ3) is 5.62. The van der Waals surface area contributed by atoms with Crippen molar-refractivity contribution in [3.8, 4) is 23.6 Å². The molecular weight excluding hydrogens is 492 g/mol. The average Bonchev–Trinajstić information content (AvgIpc) is 2.91. The van der Waals surface area contributed by atoms with E-state index < -0.39 is 5.92 Å². The third-order valence-electron chi connectivity index (χ3n) is 7.13. The number of benzene rings is 2. The predicted molar refractivity (Wildman–Crippen MR) is 146 cm³/mol. The Hall–Kier alpha value is -4.27. The SMILES string of the molecule is CCOc1cc([C@@H]2C(C#N)=C(N)N(CCOC)C3=C2C(=O)CC(C)(C)C3)ccc1OCc1ccccc1C#N. The molecule has 8 nitrogen and oxygen atoms in total. The lowest BCUT2D eigenvalue weighted by molar-refractivity contribution is -0.118. The molecule has 1 aliphatic carbocycles. The molecule has 1 atom stereocenters. The quantitative estimate of drug-likeness (QED) is 0.489. The van der Waals surface area contributed by atoms with Gasteiger partial charge in [-0.1, -0.05) is 38.1 Å². The van der Waals surface area contributed by atoms with Gasteiger partial charge in [-0.25, -0.2) is 0 Å². The zero-order valence-electron chi connectivity index (χ0n) is 22.9. The predicted octanol–water partition coefficient (Wildman–Crippen LogP) is 4.92. The summed E-state index contributed by atoms with van der Waals surface area (Å²) in [6.07, 6.45) is 1.04. The molecule has 2 N–H and O–H groups in total. The van der Waals surface area contributed by atoms with Crippen LogP contribution in [0.2, 0.25) is 0 Å². The van der Waals surface area contributed by atoms with E-state index in [4.69, 9.17) is 19.9 Å². The number of nitriles is 2. The molecule has 0 radical (unpaired) electrons. The van der Waals surface area contributed by atoms with Crippen molar-refractivity contribution in [1.82, 2.24) is 4.90 Å². The number of nitrogens with zero attached hydrogens (tertiary/aromatic N) is 3. The number of Topliss-reactive ketones (excluding diaryl/α,β-unsaturated/α-hetero) is 1. The zero-order valence-corrected chi connectivity index (χ0v) is 22.9. The summed E-state index contributed by atoms with van der Waals surface area (Å²) in [5, 5.41) is 19.6. The van der Waals surface area contributed by atoms with E-state index in [1.54, 1.807) is 19.2 Å². The molecule has 0 saturated carbocycles. The largest absolute Gasteiger partial charge is 0.490 e. The van der Waals surface area contributed by atoms with Gasteiger partial charge in [-0.15, -0.1) is 0 Å². The maximum Gasteiger partial charge on any atom is 0.162 e. The zero-order chi connectivity index (χ0) is 28.2. The summed E-state index contributed by atoms with van der Waals surface area (Å²) < 4.78 is 17.3. The van der Waals surface area contributed by atoms with E-state index in [2.05, 4.69) is 26.0 Å². The molecule has 0 spiro atoms. The Morgan fingerprint density at radius 3 is 2.54 bits per heavy atom. The van der Waals surface area contributed by atoms with Gasteiger partial charge in [-0.3, -0.25) is 4.79 Å². The summed E-state index contributed by atoms with van der Waals surface area (Å²) >= 11 is 0. The van der Waals surface area contributed by atoms with Gasteiger partial charge in [0.25, 0.3) is 0 Å². The Morgan fingerprint density at radius 2 is 1.85 bits per heavy atom. The fourth-order valence-corrected chi connectivity index (χ4v) is 5.35. The first-order chi connectivity index (χ1) is 18.7. The molecule has 2 aromatic rings. The fourth-order valence-electron chi connectivity index (χ4n) is 5.35. The topological polar surface area (TPSA) is 122 Å². The van der Waals surface area contributed by atoms with E-state index in [0.717, 1.165) is 16.8 Å². The number of hydrogen-bond donors (Lipinski definition) is 1. The Balaban J connectivity index is 1.78. The summed E-state index contributed by atoms with van der Waals surface area (Å²) in [4.78, 5) is 15.5. The molecule has 0 fully saturated rings. The summed E-state index contributed by atoms with van der Waals surface area (Å²) in [7, 11) is 1.61. The Bertz CT molecular complexity index is 1410. The minimum Gasteiger partial charge on any atom is -0.490 e. The van der Waals surface area contributed by atoms with Crippen molar-refractivity contribution in [3.63, 3.8) is 0 Å². The Labute approximate surface area is 229 Å². The van der Waals surface area contributed by atoms with Crippen LogP contribution in [0.4, 0.5) is 0 Å². The number of allylic oxidation sites excluding steroid dienone is 3. The third-order valence-corrected chi connectivity index (χ3v) is 7.13. The standard InChI is InChI=1S/C31H34N4O4/c1-5-38-27-14-20(10-11-26(27)39-19-22-9-7-6-8-21(22)17-32)28-23(18-33)30(34)35(12-13-37-4)24-15-31(2,3)16-25(36)29(24)28/h6-11,14,28H,5,12-13,15-16,19,34H2,1-4H3/t28-/m1/s1. The lowest BCUT2D eigenvalue weighted by Crippen LogP contribution is -2.43. The monoisotopic (exact) mass is 526 g/mol. The van der Waals surface area contributed by atoms with E-state index in [-0.39, 0.29) is 17.8 Å².